The van der Waals surface area contributed by atoms with E-state index in [-0.39, 0.29) is 16.5 Å². The third-order valence-corrected chi connectivity index (χ3v) is 5.61. The smallest absolute Gasteiger partial charge is 0.0244 e. The molecule has 25 heavy (non-hydrogen) atoms. The fraction of sp³-hybridized carbons (Fsp3) is 0.500. The highest BCUT2D eigenvalue weighted by Gasteiger charge is 2.36. The average molecular weight is 336 g/mol. The Labute approximate surface area is 154 Å². The first-order chi connectivity index (χ1) is 11.4. The molecule has 0 unspecified atom stereocenters. The zero-order chi connectivity index (χ0) is 18.6. The van der Waals surface area contributed by atoms with E-state index in [1.54, 1.807) is 0 Å². The van der Waals surface area contributed by atoms with Crippen LogP contribution in [0.3, 0.4) is 0 Å². The van der Waals surface area contributed by atoms with Crippen LogP contribution in [-0.2, 0) is 12.0 Å². The van der Waals surface area contributed by atoms with Crippen LogP contribution in [-0.4, -0.2) is 16.0 Å². The Morgan fingerprint density at radius 1 is 0.760 bits per heavy atom. The zero-order valence-corrected chi connectivity index (χ0v) is 17.2. The molecule has 0 atom stereocenters. The lowest BCUT2D eigenvalue weighted by Gasteiger charge is -2.45. The number of hydrogen-bond donors (Lipinski definition) is 0. The molecule has 0 N–H and O–H groups in total. The van der Waals surface area contributed by atoms with Gasteiger partial charge in [-0.05, 0) is 75.4 Å². The van der Waals surface area contributed by atoms with Crippen molar-refractivity contribution in [3.05, 3.63) is 59.2 Å². The predicted octanol–water partition coefficient (Wildman–Crippen LogP) is 6.39. The zero-order valence-electron chi connectivity index (χ0n) is 17.2. The molecule has 0 amide bonds. The first-order valence-corrected chi connectivity index (χ1v) is 9.43. The minimum atomic E-state index is 0.0954. The topological polar surface area (TPSA) is 3.24 Å². The van der Waals surface area contributed by atoms with Gasteiger partial charge in [0.1, 0.15) is 0 Å². The maximum atomic E-state index is 2.59. The van der Waals surface area contributed by atoms with Crippen LogP contribution in [0.15, 0.2) is 42.5 Å². The van der Waals surface area contributed by atoms with Crippen molar-refractivity contribution in [2.24, 2.45) is 0 Å². The van der Waals surface area contributed by atoms with Crippen LogP contribution in [0.25, 0.3) is 11.1 Å². The highest BCUT2D eigenvalue weighted by molar-refractivity contribution is 5.81. The summed E-state index contributed by atoms with van der Waals surface area (Å²) in [5.74, 6) is 0. The molecule has 3 rings (SSSR count). The summed E-state index contributed by atoms with van der Waals surface area (Å²) in [6, 6.07) is 16.0. The van der Waals surface area contributed by atoms with Crippen molar-refractivity contribution in [2.75, 3.05) is 0 Å². The molecule has 0 saturated heterocycles. The van der Waals surface area contributed by atoms with Gasteiger partial charge in [-0.25, -0.2) is 0 Å². The molecule has 2 aromatic rings. The van der Waals surface area contributed by atoms with Crippen LogP contribution >= 0.6 is 0 Å². The summed E-state index contributed by atoms with van der Waals surface area (Å²) in [7, 11) is 0. The lowest BCUT2D eigenvalue weighted by Crippen LogP contribution is -2.51. The number of nitrogens with zero attached hydrogens (tertiary/aromatic N) is 1. The molecular formula is C24H33N. The van der Waals surface area contributed by atoms with Gasteiger partial charge in [0, 0.05) is 23.0 Å². The van der Waals surface area contributed by atoms with E-state index in [1.807, 2.05) is 0 Å². The van der Waals surface area contributed by atoms with Gasteiger partial charge < -0.3 is 0 Å². The molecule has 0 spiro atoms. The van der Waals surface area contributed by atoms with Gasteiger partial charge in [0.15, 0.2) is 0 Å². The molecule has 1 nitrogen and oxygen atoms in total. The first-order valence-electron chi connectivity index (χ1n) is 9.43. The highest BCUT2D eigenvalue weighted by atomic mass is 15.2. The van der Waals surface area contributed by atoms with Gasteiger partial charge in [-0.1, -0.05) is 50.2 Å². The summed E-state index contributed by atoms with van der Waals surface area (Å²) in [5, 5.41) is 0. The van der Waals surface area contributed by atoms with Crippen LogP contribution in [0.2, 0.25) is 0 Å². The Morgan fingerprint density at radius 2 is 1.32 bits per heavy atom. The van der Waals surface area contributed by atoms with Gasteiger partial charge in [-0.15, -0.1) is 0 Å². The lowest BCUT2D eigenvalue weighted by atomic mass is 9.82. The Morgan fingerprint density at radius 3 is 1.92 bits per heavy atom. The van der Waals surface area contributed by atoms with E-state index in [0.29, 0.717) is 0 Å². The maximum Gasteiger partial charge on any atom is 0.0244 e. The summed E-state index contributed by atoms with van der Waals surface area (Å²) in [6.45, 7) is 19.5. The van der Waals surface area contributed by atoms with E-state index < -0.39 is 0 Å². The van der Waals surface area contributed by atoms with Crippen molar-refractivity contribution < 1.29 is 0 Å². The average Bonchev–Trinajstić information content (AvgIpc) is 2.71. The van der Waals surface area contributed by atoms with E-state index in [1.165, 1.54) is 27.8 Å². The molecule has 1 aliphatic rings. The molecule has 134 valence electrons. The molecule has 0 saturated carbocycles. The van der Waals surface area contributed by atoms with E-state index >= 15 is 0 Å². The molecule has 0 fully saturated rings. The van der Waals surface area contributed by atoms with Gasteiger partial charge in [0.25, 0.3) is 0 Å². The Bertz CT molecular complexity index is 770. The van der Waals surface area contributed by atoms with Gasteiger partial charge in [0.2, 0.25) is 0 Å². The van der Waals surface area contributed by atoms with E-state index in [4.69, 9.17) is 0 Å². The van der Waals surface area contributed by atoms with Crippen LogP contribution in [0.1, 0.15) is 72.1 Å². The fourth-order valence-corrected chi connectivity index (χ4v) is 4.53. The molecule has 1 heteroatoms. The largest absolute Gasteiger partial charge is 0.289 e. The second kappa shape index (κ2) is 5.71. The van der Waals surface area contributed by atoms with E-state index in [2.05, 4.69) is 103 Å². The molecule has 0 heterocycles. The van der Waals surface area contributed by atoms with Crippen molar-refractivity contribution in [1.29, 1.82) is 0 Å². The summed E-state index contributed by atoms with van der Waals surface area (Å²) < 4.78 is 0. The number of hydrogen-bond acceptors (Lipinski definition) is 1. The molecule has 0 aromatic heterocycles. The van der Waals surface area contributed by atoms with Crippen LogP contribution in [0, 0.1) is 0 Å². The molecule has 0 bridgehead atoms. The maximum absolute atomic E-state index is 2.59. The number of benzene rings is 2. The Balaban J connectivity index is 2.04. The van der Waals surface area contributed by atoms with Crippen molar-refractivity contribution in [3.8, 4) is 11.1 Å². The fourth-order valence-electron chi connectivity index (χ4n) is 4.53. The molecule has 0 aliphatic heterocycles. The second-order valence-electron chi connectivity index (χ2n) is 9.98. The van der Waals surface area contributed by atoms with Crippen molar-refractivity contribution >= 4 is 0 Å². The minimum Gasteiger partial charge on any atom is -0.289 e. The third kappa shape index (κ3) is 3.15. The van der Waals surface area contributed by atoms with Gasteiger partial charge in [-0.3, -0.25) is 4.90 Å². The van der Waals surface area contributed by atoms with E-state index in [9.17, 15) is 0 Å². The van der Waals surface area contributed by atoms with Gasteiger partial charge in [-0.2, -0.15) is 0 Å². The van der Waals surface area contributed by atoms with Crippen LogP contribution < -0.4 is 0 Å². The van der Waals surface area contributed by atoms with Crippen molar-refractivity contribution in [2.45, 2.75) is 78.4 Å². The SMILES string of the molecule is CC1(C)c2ccccc2-c2cc(CN(C(C)(C)C)C(C)(C)C)ccc21. The molecule has 2 aromatic carbocycles. The van der Waals surface area contributed by atoms with Crippen LogP contribution in [0.5, 0.6) is 0 Å². The highest BCUT2D eigenvalue weighted by Crippen LogP contribution is 2.48. The Hall–Kier alpha value is -1.60. The minimum absolute atomic E-state index is 0.0954. The summed E-state index contributed by atoms with van der Waals surface area (Å²) in [6.07, 6.45) is 0. The predicted molar refractivity (Wildman–Crippen MR) is 109 cm³/mol. The second-order valence-corrected chi connectivity index (χ2v) is 9.98. The summed E-state index contributed by atoms with van der Waals surface area (Å²) >= 11 is 0. The molecule has 1 aliphatic carbocycles. The molecular weight excluding hydrogens is 302 g/mol. The number of fused-ring (bicyclic) bond motifs is 3. The van der Waals surface area contributed by atoms with Gasteiger partial charge in [0.05, 0.1) is 0 Å². The quantitative estimate of drug-likeness (QED) is 0.614. The first kappa shape index (κ1) is 18.2. The van der Waals surface area contributed by atoms with Crippen molar-refractivity contribution in [3.63, 3.8) is 0 Å². The van der Waals surface area contributed by atoms with Gasteiger partial charge >= 0.3 is 0 Å². The van der Waals surface area contributed by atoms with E-state index in [0.717, 1.165) is 6.54 Å². The van der Waals surface area contributed by atoms with Crippen LogP contribution in [0.4, 0.5) is 0 Å². The monoisotopic (exact) mass is 335 g/mol. The van der Waals surface area contributed by atoms with Crippen molar-refractivity contribution in [1.82, 2.24) is 4.90 Å². The third-order valence-electron chi connectivity index (χ3n) is 5.61. The summed E-state index contributed by atoms with van der Waals surface area (Å²) in [4.78, 5) is 2.59. The normalized spacial score (nSPS) is 16.0. The summed E-state index contributed by atoms with van der Waals surface area (Å²) in [5.41, 5.74) is 7.49. The standard InChI is InChI=1S/C24H33N/c1-22(2,3)25(23(4,5)6)16-17-13-14-21-19(15-17)18-11-9-10-12-20(18)24(21,7)8/h9-15H,16H2,1-8H3. The molecule has 0 radical (unpaired) electrons. The number of rotatable bonds is 2. The lowest BCUT2D eigenvalue weighted by molar-refractivity contribution is 0.0298. The Kier molecular flexibility index (Phi) is 4.15.